The predicted octanol–water partition coefficient (Wildman–Crippen LogP) is 4.12. The summed E-state index contributed by atoms with van der Waals surface area (Å²) in [6.07, 6.45) is -0.868. The second-order valence-corrected chi connectivity index (χ2v) is 6.54. The number of anilines is 1. The number of nitrogens with one attached hydrogen (secondary N) is 1. The van der Waals surface area contributed by atoms with E-state index in [-0.39, 0.29) is 5.56 Å². The van der Waals surface area contributed by atoms with Gasteiger partial charge in [-0.1, -0.05) is 6.07 Å². The summed E-state index contributed by atoms with van der Waals surface area (Å²) < 4.78 is 52.2. The lowest BCUT2D eigenvalue weighted by Crippen LogP contribution is -2.32. The van der Waals surface area contributed by atoms with Crippen LogP contribution in [0.1, 0.15) is 24.1 Å². The molecule has 1 N–H and O–H groups in total. The van der Waals surface area contributed by atoms with Gasteiger partial charge in [0.25, 0.3) is 0 Å². The maximum absolute atomic E-state index is 14.2. The molecule has 3 rings (SSSR count). The first-order valence-corrected chi connectivity index (χ1v) is 8.40. The minimum atomic E-state index is -4.58. The number of likely N-dealkylation sites (N-methyl/N-ethyl adjacent to an activating group) is 1. The summed E-state index contributed by atoms with van der Waals surface area (Å²) in [5.74, 6) is -0.515. The molecule has 1 fully saturated rings. The molecule has 1 aromatic heterocycles. The second kappa shape index (κ2) is 7.19. The lowest BCUT2D eigenvalue weighted by Gasteiger charge is -2.19. The maximum Gasteiger partial charge on any atom is 0.416 e. The van der Waals surface area contributed by atoms with E-state index in [2.05, 4.69) is 27.2 Å². The fraction of sp³-hybridized carbons (Fsp3) is 0.444. The largest absolute Gasteiger partial charge is 0.416 e. The number of rotatable bonds is 4. The lowest BCUT2D eigenvalue weighted by molar-refractivity contribution is -0.137. The molecular formula is C18H20F4N4. The summed E-state index contributed by atoms with van der Waals surface area (Å²) in [4.78, 5) is 10.8. The van der Waals surface area contributed by atoms with Crippen LogP contribution in [-0.2, 0) is 6.18 Å². The molecule has 0 aliphatic carbocycles. The van der Waals surface area contributed by atoms with E-state index in [1.165, 1.54) is 6.20 Å². The van der Waals surface area contributed by atoms with Crippen molar-refractivity contribution >= 4 is 5.95 Å². The van der Waals surface area contributed by atoms with Crippen LogP contribution >= 0.6 is 0 Å². The standard InChI is InChI=1S/C18H20F4N4/c1-11-15(14-6-5-12(8-16(14)19)18(20,21)22)10-24-17(25-11)23-9-13-4-3-7-26(13)2/h5-6,8,10,13H,3-4,7,9H2,1-2H3,(H,23,24,25)/t13-/m1/s1. The number of hydrogen-bond donors (Lipinski definition) is 1. The number of hydrogen-bond acceptors (Lipinski definition) is 4. The Balaban J connectivity index is 1.77. The summed E-state index contributed by atoms with van der Waals surface area (Å²) in [6, 6.07) is 2.90. The highest BCUT2D eigenvalue weighted by molar-refractivity contribution is 5.66. The Kier molecular flexibility index (Phi) is 5.13. The normalized spacial score (nSPS) is 18.3. The smallest absolute Gasteiger partial charge is 0.353 e. The van der Waals surface area contributed by atoms with Crippen molar-refractivity contribution in [3.05, 3.63) is 41.5 Å². The molecule has 2 heterocycles. The molecule has 0 amide bonds. The summed E-state index contributed by atoms with van der Waals surface area (Å²) in [5.41, 5.74) is -0.0884. The third-order valence-electron chi connectivity index (χ3n) is 4.73. The SMILES string of the molecule is Cc1nc(NC[C@H]2CCCN2C)ncc1-c1ccc(C(F)(F)F)cc1F. The highest BCUT2D eigenvalue weighted by Gasteiger charge is 2.31. The number of alkyl halides is 3. The number of halogens is 4. The van der Waals surface area contributed by atoms with Crippen molar-refractivity contribution in [2.45, 2.75) is 32.0 Å². The molecule has 8 heteroatoms. The zero-order chi connectivity index (χ0) is 18.9. The Morgan fingerprint density at radius 3 is 2.62 bits per heavy atom. The van der Waals surface area contributed by atoms with Crippen molar-refractivity contribution in [3.8, 4) is 11.1 Å². The van der Waals surface area contributed by atoms with E-state index < -0.39 is 17.6 Å². The van der Waals surface area contributed by atoms with Crippen LogP contribution in [0, 0.1) is 12.7 Å². The number of benzene rings is 1. The Bertz CT molecular complexity index is 791. The van der Waals surface area contributed by atoms with Crippen molar-refractivity contribution < 1.29 is 17.6 Å². The number of aromatic nitrogens is 2. The summed E-state index contributed by atoms with van der Waals surface area (Å²) in [6.45, 7) is 3.46. The van der Waals surface area contributed by atoms with E-state index >= 15 is 0 Å². The molecule has 0 bridgehead atoms. The zero-order valence-electron chi connectivity index (χ0n) is 14.6. The van der Waals surface area contributed by atoms with E-state index in [9.17, 15) is 17.6 Å². The molecule has 140 valence electrons. The van der Waals surface area contributed by atoms with Crippen molar-refractivity contribution in [1.29, 1.82) is 0 Å². The molecule has 1 aliphatic heterocycles. The molecule has 4 nitrogen and oxygen atoms in total. The molecular weight excluding hydrogens is 348 g/mol. The van der Waals surface area contributed by atoms with Gasteiger partial charge in [0.1, 0.15) is 5.82 Å². The molecule has 1 atom stereocenters. The van der Waals surface area contributed by atoms with Crippen LogP contribution in [0.3, 0.4) is 0 Å². The maximum atomic E-state index is 14.2. The van der Waals surface area contributed by atoms with Gasteiger partial charge in [0.05, 0.1) is 11.3 Å². The van der Waals surface area contributed by atoms with Crippen LogP contribution in [0.4, 0.5) is 23.5 Å². The Labute approximate surface area is 149 Å². The molecule has 2 aromatic rings. The molecule has 1 saturated heterocycles. The van der Waals surface area contributed by atoms with Gasteiger partial charge in [-0.2, -0.15) is 13.2 Å². The van der Waals surface area contributed by atoms with Crippen LogP contribution in [0.15, 0.2) is 24.4 Å². The van der Waals surface area contributed by atoms with Gasteiger partial charge in [0.15, 0.2) is 0 Å². The van der Waals surface area contributed by atoms with Crippen molar-refractivity contribution in [3.63, 3.8) is 0 Å². The Hall–Kier alpha value is -2.22. The van der Waals surface area contributed by atoms with E-state index in [1.807, 2.05) is 0 Å². The van der Waals surface area contributed by atoms with Crippen LogP contribution in [0.5, 0.6) is 0 Å². The molecule has 1 aromatic carbocycles. The van der Waals surface area contributed by atoms with Gasteiger partial charge in [-0.25, -0.2) is 14.4 Å². The topological polar surface area (TPSA) is 41.1 Å². The van der Waals surface area contributed by atoms with Crippen molar-refractivity contribution in [2.24, 2.45) is 0 Å². The molecule has 0 spiro atoms. The highest BCUT2D eigenvalue weighted by atomic mass is 19.4. The minimum Gasteiger partial charge on any atom is -0.353 e. The molecule has 0 saturated carbocycles. The summed E-state index contributed by atoms with van der Waals surface area (Å²) >= 11 is 0. The number of aryl methyl sites for hydroxylation is 1. The van der Waals surface area contributed by atoms with Crippen LogP contribution in [0.25, 0.3) is 11.1 Å². The van der Waals surface area contributed by atoms with E-state index in [1.54, 1.807) is 6.92 Å². The number of likely N-dealkylation sites (tertiary alicyclic amines) is 1. The first kappa shape index (κ1) is 18.6. The molecule has 1 aliphatic rings. The number of nitrogens with zero attached hydrogens (tertiary/aromatic N) is 3. The van der Waals surface area contributed by atoms with E-state index in [0.717, 1.165) is 31.5 Å². The van der Waals surface area contributed by atoms with E-state index in [0.29, 0.717) is 35.9 Å². The van der Waals surface area contributed by atoms with E-state index in [4.69, 9.17) is 0 Å². The van der Waals surface area contributed by atoms with Gasteiger partial charge in [0.2, 0.25) is 5.95 Å². The fourth-order valence-electron chi connectivity index (χ4n) is 3.17. The molecule has 0 unspecified atom stereocenters. The van der Waals surface area contributed by atoms with Crippen LogP contribution < -0.4 is 5.32 Å². The van der Waals surface area contributed by atoms with Crippen LogP contribution in [-0.4, -0.2) is 41.0 Å². The average molecular weight is 368 g/mol. The third-order valence-corrected chi connectivity index (χ3v) is 4.73. The van der Waals surface area contributed by atoms with Gasteiger partial charge < -0.3 is 10.2 Å². The average Bonchev–Trinajstić information content (AvgIpc) is 2.98. The molecule has 0 radical (unpaired) electrons. The minimum absolute atomic E-state index is 0.0533. The first-order chi connectivity index (χ1) is 12.3. The van der Waals surface area contributed by atoms with Crippen LogP contribution in [0.2, 0.25) is 0 Å². The van der Waals surface area contributed by atoms with Gasteiger partial charge in [-0.05, 0) is 45.5 Å². The molecule has 26 heavy (non-hydrogen) atoms. The summed E-state index contributed by atoms with van der Waals surface area (Å²) in [7, 11) is 2.07. The van der Waals surface area contributed by atoms with Gasteiger partial charge in [0, 0.05) is 29.9 Å². The van der Waals surface area contributed by atoms with Gasteiger partial charge >= 0.3 is 6.18 Å². The third kappa shape index (κ3) is 3.95. The lowest BCUT2D eigenvalue weighted by atomic mass is 10.0. The predicted molar refractivity (Wildman–Crippen MR) is 91.3 cm³/mol. The van der Waals surface area contributed by atoms with Crippen molar-refractivity contribution in [2.75, 3.05) is 25.5 Å². The van der Waals surface area contributed by atoms with Gasteiger partial charge in [-0.3, -0.25) is 0 Å². The highest BCUT2D eigenvalue weighted by Crippen LogP contribution is 2.33. The quantitative estimate of drug-likeness (QED) is 0.825. The monoisotopic (exact) mass is 368 g/mol. The second-order valence-electron chi connectivity index (χ2n) is 6.54. The Morgan fingerprint density at radius 1 is 1.27 bits per heavy atom. The zero-order valence-corrected chi connectivity index (χ0v) is 14.6. The fourth-order valence-corrected chi connectivity index (χ4v) is 3.17. The first-order valence-electron chi connectivity index (χ1n) is 8.40. The Morgan fingerprint density at radius 2 is 2.04 bits per heavy atom. The van der Waals surface area contributed by atoms with Gasteiger partial charge in [-0.15, -0.1) is 0 Å². The van der Waals surface area contributed by atoms with Crippen molar-refractivity contribution in [1.82, 2.24) is 14.9 Å². The summed E-state index contributed by atoms with van der Waals surface area (Å²) in [5, 5.41) is 3.17.